The van der Waals surface area contributed by atoms with Crippen molar-refractivity contribution >= 4 is 74.3 Å². The average molecular weight is 661 g/mol. The normalized spacial score (nSPS) is 12.8. The van der Waals surface area contributed by atoms with Gasteiger partial charge in [-0.1, -0.05) is 78.1 Å². The van der Waals surface area contributed by atoms with Crippen molar-refractivity contribution in [3.05, 3.63) is 60.7 Å². The van der Waals surface area contributed by atoms with E-state index in [0.717, 1.165) is 70.8 Å². The van der Waals surface area contributed by atoms with E-state index in [0.29, 0.717) is 45.0 Å². The van der Waals surface area contributed by atoms with Crippen molar-refractivity contribution in [1.82, 2.24) is 0 Å². The molecule has 0 spiro atoms. The minimum atomic E-state index is -3.41. The molecule has 0 unspecified atom stereocenters. The minimum absolute atomic E-state index is 0.140. The van der Waals surface area contributed by atoms with Crippen LogP contribution >= 0.6 is 0 Å². The zero-order valence-corrected chi connectivity index (χ0v) is 28.6. The molecule has 0 fully saturated rings. The van der Waals surface area contributed by atoms with Gasteiger partial charge in [-0.3, -0.25) is 0 Å². The van der Waals surface area contributed by atoms with E-state index in [4.69, 9.17) is 8.83 Å². The topological polar surface area (TPSA) is 94.6 Å². The molecule has 46 heavy (non-hydrogen) atoms. The molecule has 0 aliphatic rings. The Morgan fingerprint density at radius 2 is 0.804 bits per heavy atom. The fraction of sp³-hybridized carbons (Fsp3) is 0.421. The highest BCUT2D eigenvalue weighted by Gasteiger charge is 2.21. The summed E-state index contributed by atoms with van der Waals surface area (Å²) in [5.41, 5.74) is 2.46. The van der Waals surface area contributed by atoms with E-state index in [1.54, 1.807) is 24.3 Å². The first-order valence-electron chi connectivity index (χ1n) is 16.9. The molecule has 0 amide bonds. The third kappa shape index (κ3) is 6.56. The van der Waals surface area contributed by atoms with E-state index < -0.39 is 19.7 Å². The Bertz CT molecular complexity index is 2060. The Hall–Kier alpha value is -3.36. The molecule has 0 N–H and O–H groups in total. The number of hydrogen-bond donors (Lipinski definition) is 0. The van der Waals surface area contributed by atoms with Crippen LogP contribution in [0.3, 0.4) is 0 Å². The van der Waals surface area contributed by atoms with Crippen LogP contribution in [0.4, 0.5) is 0 Å². The molecule has 2 aromatic heterocycles. The Morgan fingerprint density at radius 1 is 0.435 bits per heavy atom. The Labute approximate surface area is 272 Å². The molecule has 6 rings (SSSR count). The molecule has 8 heteroatoms. The molecule has 0 radical (unpaired) electrons. The summed E-state index contributed by atoms with van der Waals surface area (Å²) >= 11 is 0. The van der Waals surface area contributed by atoms with Crippen LogP contribution in [0.1, 0.15) is 90.9 Å². The van der Waals surface area contributed by atoms with Gasteiger partial charge in [0.2, 0.25) is 0 Å². The van der Waals surface area contributed by atoms with E-state index >= 15 is 0 Å². The predicted octanol–water partition coefficient (Wildman–Crippen LogP) is 10.9. The number of benzene rings is 4. The Morgan fingerprint density at radius 3 is 1.22 bits per heavy atom. The van der Waals surface area contributed by atoms with Crippen LogP contribution in [0.15, 0.2) is 79.3 Å². The zero-order chi connectivity index (χ0) is 32.3. The van der Waals surface area contributed by atoms with Crippen molar-refractivity contribution in [3.8, 4) is 0 Å². The van der Waals surface area contributed by atoms with Crippen LogP contribution < -0.4 is 0 Å². The minimum Gasteiger partial charge on any atom is -0.456 e. The maximum Gasteiger partial charge on any atom is 0.178 e. The monoisotopic (exact) mass is 660 g/mol. The van der Waals surface area contributed by atoms with Gasteiger partial charge in [0.25, 0.3) is 0 Å². The van der Waals surface area contributed by atoms with Crippen molar-refractivity contribution < 1.29 is 25.7 Å². The zero-order valence-electron chi connectivity index (χ0n) is 26.9. The molecule has 0 aliphatic carbocycles. The van der Waals surface area contributed by atoms with Gasteiger partial charge in [0, 0.05) is 33.7 Å². The molecule has 2 heterocycles. The maximum atomic E-state index is 13.1. The highest BCUT2D eigenvalue weighted by Crippen LogP contribution is 2.41. The molecule has 6 aromatic rings. The molecular formula is C38H44O6S2. The average Bonchev–Trinajstić information content (AvgIpc) is 3.62. The van der Waals surface area contributed by atoms with Crippen LogP contribution in [0, 0.1) is 0 Å². The van der Waals surface area contributed by atoms with Crippen LogP contribution in [-0.4, -0.2) is 28.3 Å². The summed E-state index contributed by atoms with van der Waals surface area (Å²) in [7, 11) is -6.82. The first kappa shape index (κ1) is 32.6. The van der Waals surface area contributed by atoms with Gasteiger partial charge in [0.1, 0.15) is 22.3 Å². The summed E-state index contributed by atoms with van der Waals surface area (Å²) in [6.07, 6.45) is 12.3. The van der Waals surface area contributed by atoms with Crippen molar-refractivity contribution in [3.63, 3.8) is 0 Å². The lowest BCUT2D eigenvalue weighted by Crippen LogP contribution is -2.06. The second kappa shape index (κ2) is 13.8. The highest BCUT2D eigenvalue weighted by molar-refractivity contribution is 7.91. The van der Waals surface area contributed by atoms with Crippen LogP contribution in [0.5, 0.6) is 0 Å². The van der Waals surface area contributed by atoms with Crippen LogP contribution in [0.2, 0.25) is 0 Å². The number of sulfone groups is 2. The second-order valence-electron chi connectivity index (χ2n) is 12.7. The molecular weight excluding hydrogens is 617 g/mol. The van der Waals surface area contributed by atoms with Gasteiger partial charge in [0.15, 0.2) is 19.7 Å². The molecule has 4 aromatic carbocycles. The van der Waals surface area contributed by atoms with Crippen molar-refractivity contribution in [2.75, 3.05) is 11.5 Å². The van der Waals surface area contributed by atoms with Crippen LogP contribution in [0.25, 0.3) is 54.6 Å². The van der Waals surface area contributed by atoms with Crippen molar-refractivity contribution in [2.45, 2.75) is 101 Å². The molecule has 6 nitrogen and oxygen atoms in total. The third-order valence-electron chi connectivity index (χ3n) is 9.26. The molecule has 0 saturated heterocycles. The van der Waals surface area contributed by atoms with Gasteiger partial charge in [-0.05, 0) is 72.1 Å². The highest BCUT2D eigenvalue weighted by atomic mass is 32.2. The maximum absolute atomic E-state index is 13.1. The molecule has 0 aliphatic heterocycles. The van der Waals surface area contributed by atoms with Crippen molar-refractivity contribution in [2.24, 2.45) is 0 Å². The predicted molar refractivity (Wildman–Crippen MR) is 189 cm³/mol. The van der Waals surface area contributed by atoms with Gasteiger partial charge in [-0.25, -0.2) is 16.8 Å². The van der Waals surface area contributed by atoms with Gasteiger partial charge in [-0.2, -0.15) is 0 Å². The summed E-state index contributed by atoms with van der Waals surface area (Å²) in [5, 5.41) is 5.48. The third-order valence-corrected chi connectivity index (χ3v) is 12.9. The molecule has 244 valence electrons. The quantitative estimate of drug-likeness (QED) is 0.0959. The van der Waals surface area contributed by atoms with Gasteiger partial charge in [-0.15, -0.1) is 0 Å². The van der Waals surface area contributed by atoms with E-state index in [1.165, 1.54) is 25.7 Å². The lowest BCUT2D eigenvalue weighted by Gasteiger charge is -2.05. The fourth-order valence-corrected chi connectivity index (χ4v) is 9.45. The number of fused-ring (bicyclic) bond motifs is 9. The number of unbranched alkanes of at least 4 members (excludes halogenated alkanes) is 10. The van der Waals surface area contributed by atoms with E-state index in [9.17, 15) is 16.8 Å². The second-order valence-corrected chi connectivity index (χ2v) is 16.9. The lowest BCUT2D eigenvalue weighted by atomic mass is 9.99. The smallest absolute Gasteiger partial charge is 0.178 e. The lowest BCUT2D eigenvalue weighted by molar-refractivity contribution is 0.582. The van der Waals surface area contributed by atoms with E-state index in [2.05, 4.69) is 13.8 Å². The number of hydrogen-bond acceptors (Lipinski definition) is 6. The largest absolute Gasteiger partial charge is 0.456 e. The van der Waals surface area contributed by atoms with Gasteiger partial charge in [0.05, 0.1) is 21.3 Å². The molecule has 0 atom stereocenters. The van der Waals surface area contributed by atoms with Gasteiger partial charge >= 0.3 is 0 Å². The fourth-order valence-electron chi connectivity index (χ4n) is 6.68. The summed E-state index contributed by atoms with van der Waals surface area (Å²) in [4.78, 5) is 0.588. The summed E-state index contributed by atoms with van der Waals surface area (Å²) in [6.45, 7) is 4.34. The van der Waals surface area contributed by atoms with Gasteiger partial charge < -0.3 is 8.83 Å². The van der Waals surface area contributed by atoms with E-state index in [1.807, 2.05) is 36.4 Å². The number of rotatable bonds is 16. The first-order chi connectivity index (χ1) is 22.2. The van der Waals surface area contributed by atoms with Crippen molar-refractivity contribution in [1.29, 1.82) is 0 Å². The number of furan rings is 2. The summed E-state index contributed by atoms with van der Waals surface area (Å²) in [5.74, 6) is 0.281. The summed E-state index contributed by atoms with van der Waals surface area (Å²) in [6, 6.07) is 18.2. The van der Waals surface area contributed by atoms with Crippen LogP contribution in [-0.2, 0) is 19.7 Å². The standard InChI is InChI=1S/C38H44O6S2/c1-3-5-7-9-11-13-23-45(39,40)27-15-17-31-35(25-27)43-33-21-19-30-29(37(31)33)20-22-34-38(30)32-18-16-28(26-36(32)44-34)46(41,42)24-14-12-10-8-6-4-2/h15-22,25-26H,3-14,23-24H2,1-2H3. The SMILES string of the molecule is CCCCCCCCS(=O)(=O)c1ccc2c(c1)oc1ccc3c(ccc4oc5cc(S(=O)(=O)CCCCCCCC)ccc5c43)c12. The first-order valence-corrected chi connectivity index (χ1v) is 20.2. The molecule has 0 saturated carbocycles. The molecule has 0 bridgehead atoms. The Balaban J connectivity index is 1.30. The Kier molecular flexibility index (Phi) is 9.76. The summed E-state index contributed by atoms with van der Waals surface area (Å²) < 4.78 is 64.9. The van der Waals surface area contributed by atoms with E-state index in [-0.39, 0.29) is 11.5 Å².